The molecule has 0 amide bonds. The Kier molecular flexibility index (Phi) is 6.21. The molecule has 2 rings (SSSR count). The SMILES string of the molecule is COCCCOc1cc(C(C)NC2CC2)ccc1C(=O)OC. The fraction of sp³-hybridized carbons (Fsp3) is 0.588. The van der Waals surface area contributed by atoms with E-state index in [9.17, 15) is 4.79 Å². The Bertz CT molecular complexity index is 499. The maximum Gasteiger partial charge on any atom is 0.341 e. The summed E-state index contributed by atoms with van der Waals surface area (Å²) in [5.41, 5.74) is 1.57. The second kappa shape index (κ2) is 8.15. The minimum Gasteiger partial charge on any atom is -0.493 e. The van der Waals surface area contributed by atoms with Gasteiger partial charge < -0.3 is 19.5 Å². The number of nitrogens with one attached hydrogen (secondary N) is 1. The van der Waals surface area contributed by atoms with Gasteiger partial charge in [0.05, 0.1) is 13.7 Å². The molecule has 1 fully saturated rings. The van der Waals surface area contributed by atoms with E-state index in [4.69, 9.17) is 14.2 Å². The minimum atomic E-state index is -0.379. The van der Waals surface area contributed by atoms with Crippen molar-refractivity contribution in [1.82, 2.24) is 5.32 Å². The van der Waals surface area contributed by atoms with Crippen molar-refractivity contribution in [3.63, 3.8) is 0 Å². The highest BCUT2D eigenvalue weighted by molar-refractivity contribution is 5.92. The summed E-state index contributed by atoms with van der Waals surface area (Å²) < 4.78 is 15.6. The molecular formula is C17H25NO4. The Hall–Kier alpha value is -1.59. The second-order valence-corrected chi connectivity index (χ2v) is 5.60. The molecule has 0 heterocycles. The van der Waals surface area contributed by atoms with E-state index >= 15 is 0 Å². The third-order valence-electron chi connectivity index (χ3n) is 3.72. The number of methoxy groups -OCH3 is 2. The third kappa shape index (κ3) is 4.71. The van der Waals surface area contributed by atoms with Crippen molar-refractivity contribution in [2.24, 2.45) is 0 Å². The van der Waals surface area contributed by atoms with E-state index in [1.165, 1.54) is 20.0 Å². The van der Waals surface area contributed by atoms with Gasteiger partial charge in [0.1, 0.15) is 11.3 Å². The summed E-state index contributed by atoms with van der Waals surface area (Å²) >= 11 is 0. The summed E-state index contributed by atoms with van der Waals surface area (Å²) in [4.78, 5) is 11.8. The van der Waals surface area contributed by atoms with Gasteiger partial charge >= 0.3 is 5.97 Å². The molecule has 1 N–H and O–H groups in total. The van der Waals surface area contributed by atoms with Crippen molar-refractivity contribution in [3.8, 4) is 5.75 Å². The predicted molar refractivity (Wildman–Crippen MR) is 84.3 cm³/mol. The van der Waals surface area contributed by atoms with Gasteiger partial charge in [0.15, 0.2) is 0 Å². The van der Waals surface area contributed by atoms with Crippen LogP contribution < -0.4 is 10.1 Å². The smallest absolute Gasteiger partial charge is 0.341 e. The fourth-order valence-corrected chi connectivity index (χ4v) is 2.29. The van der Waals surface area contributed by atoms with Gasteiger partial charge in [0.25, 0.3) is 0 Å². The first kappa shape index (κ1) is 16.8. The van der Waals surface area contributed by atoms with Crippen LogP contribution in [-0.4, -0.2) is 39.4 Å². The lowest BCUT2D eigenvalue weighted by atomic mass is 10.0. The van der Waals surface area contributed by atoms with E-state index in [1.54, 1.807) is 13.2 Å². The molecule has 5 nitrogen and oxygen atoms in total. The Morgan fingerprint density at radius 2 is 2.09 bits per heavy atom. The number of rotatable bonds is 9. The number of ether oxygens (including phenoxy) is 3. The molecule has 1 aromatic rings. The largest absolute Gasteiger partial charge is 0.493 e. The first-order valence-electron chi connectivity index (χ1n) is 7.75. The van der Waals surface area contributed by atoms with Gasteiger partial charge in [-0.25, -0.2) is 4.79 Å². The number of hydrogen-bond donors (Lipinski definition) is 1. The lowest BCUT2D eigenvalue weighted by molar-refractivity contribution is 0.0595. The molecule has 0 aromatic heterocycles. The number of carbonyl (C=O) groups excluding carboxylic acids is 1. The van der Waals surface area contributed by atoms with Gasteiger partial charge in [-0.15, -0.1) is 0 Å². The molecule has 1 unspecified atom stereocenters. The summed E-state index contributed by atoms with van der Waals surface area (Å²) in [6.45, 7) is 3.26. The molecule has 0 saturated heterocycles. The summed E-state index contributed by atoms with van der Waals surface area (Å²) in [6, 6.07) is 6.52. The molecule has 0 spiro atoms. The van der Waals surface area contributed by atoms with Crippen LogP contribution in [0.5, 0.6) is 5.75 Å². The maximum atomic E-state index is 11.8. The van der Waals surface area contributed by atoms with Crippen molar-refractivity contribution in [1.29, 1.82) is 0 Å². The van der Waals surface area contributed by atoms with Crippen LogP contribution in [0.2, 0.25) is 0 Å². The number of benzene rings is 1. The standard InChI is InChI=1S/C17H25NO4/c1-12(18-14-6-7-14)13-5-8-15(17(19)21-3)16(11-13)22-10-4-9-20-2/h5,8,11-12,14,18H,4,6-7,9-10H2,1-3H3. The molecule has 1 aromatic carbocycles. The number of esters is 1. The monoisotopic (exact) mass is 307 g/mol. The van der Waals surface area contributed by atoms with Crippen LogP contribution in [0, 0.1) is 0 Å². The van der Waals surface area contributed by atoms with Gasteiger partial charge in [-0.05, 0) is 37.5 Å². The van der Waals surface area contributed by atoms with Gasteiger partial charge in [-0.2, -0.15) is 0 Å². The predicted octanol–water partition coefficient (Wildman–Crippen LogP) is 2.70. The molecule has 0 aliphatic heterocycles. The highest BCUT2D eigenvalue weighted by Gasteiger charge is 2.24. The fourth-order valence-electron chi connectivity index (χ4n) is 2.29. The zero-order valence-corrected chi connectivity index (χ0v) is 13.6. The summed E-state index contributed by atoms with van der Waals surface area (Å²) in [5.74, 6) is 0.195. The van der Waals surface area contributed by atoms with E-state index in [2.05, 4.69) is 12.2 Å². The van der Waals surface area contributed by atoms with Crippen LogP contribution in [0.3, 0.4) is 0 Å². The quantitative estimate of drug-likeness (QED) is 0.561. The van der Waals surface area contributed by atoms with E-state index in [1.807, 2.05) is 12.1 Å². The van der Waals surface area contributed by atoms with Crippen molar-refractivity contribution < 1.29 is 19.0 Å². The lowest BCUT2D eigenvalue weighted by Gasteiger charge is -2.17. The molecule has 1 atom stereocenters. The van der Waals surface area contributed by atoms with E-state index in [0.717, 1.165) is 12.0 Å². The summed E-state index contributed by atoms with van der Waals surface area (Å²) in [7, 11) is 3.04. The topological polar surface area (TPSA) is 56.8 Å². The van der Waals surface area contributed by atoms with Gasteiger partial charge in [-0.1, -0.05) is 6.07 Å². The van der Waals surface area contributed by atoms with Crippen LogP contribution in [0.1, 0.15) is 48.1 Å². The Morgan fingerprint density at radius 3 is 2.73 bits per heavy atom. The van der Waals surface area contributed by atoms with Crippen molar-refractivity contribution in [3.05, 3.63) is 29.3 Å². The minimum absolute atomic E-state index is 0.237. The molecule has 1 aliphatic rings. The zero-order chi connectivity index (χ0) is 15.9. The highest BCUT2D eigenvalue weighted by Crippen LogP contribution is 2.28. The molecule has 1 aliphatic carbocycles. The molecular weight excluding hydrogens is 282 g/mol. The molecule has 22 heavy (non-hydrogen) atoms. The Morgan fingerprint density at radius 1 is 1.32 bits per heavy atom. The third-order valence-corrected chi connectivity index (χ3v) is 3.72. The Balaban J connectivity index is 2.10. The average Bonchev–Trinajstić information content (AvgIpc) is 3.34. The molecule has 1 saturated carbocycles. The zero-order valence-electron chi connectivity index (χ0n) is 13.6. The summed E-state index contributed by atoms with van der Waals surface area (Å²) in [6.07, 6.45) is 3.26. The van der Waals surface area contributed by atoms with E-state index in [-0.39, 0.29) is 12.0 Å². The van der Waals surface area contributed by atoms with Crippen LogP contribution in [0.15, 0.2) is 18.2 Å². The van der Waals surface area contributed by atoms with E-state index < -0.39 is 0 Å². The second-order valence-electron chi connectivity index (χ2n) is 5.60. The Labute approximate surface area is 131 Å². The van der Waals surface area contributed by atoms with Crippen LogP contribution in [-0.2, 0) is 9.47 Å². The summed E-state index contributed by atoms with van der Waals surface area (Å²) in [5, 5.41) is 3.54. The van der Waals surface area contributed by atoms with Crippen LogP contribution in [0.25, 0.3) is 0 Å². The lowest BCUT2D eigenvalue weighted by Crippen LogP contribution is -2.21. The molecule has 0 bridgehead atoms. The molecule has 122 valence electrons. The highest BCUT2D eigenvalue weighted by atomic mass is 16.5. The van der Waals surface area contributed by atoms with Crippen molar-refractivity contribution in [2.45, 2.75) is 38.3 Å². The normalized spacial score (nSPS) is 15.4. The van der Waals surface area contributed by atoms with Crippen molar-refractivity contribution >= 4 is 5.97 Å². The number of carbonyl (C=O) groups is 1. The maximum absolute atomic E-state index is 11.8. The van der Waals surface area contributed by atoms with Crippen LogP contribution >= 0.6 is 0 Å². The van der Waals surface area contributed by atoms with Crippen molar-refractivity contribution in [2.75, 3.05) is 27.4 Å². The van der Waals surface area contributed by atoms with Gasteiger partial charge in [0, 0.05) is 32.2 Å². The van der Waals surface area contributed by atoms with Crippen LogP contribution in [0.4, 0.5) is 0 Å². The molecule has 5 heteroatoms. The van der Waals surface area contributed by atoms with E-state index in [0.29, 0.717) is 30.6 Å². The first-order chi connectivity index (χ1) is 10.7. The number of hydrogen-bond acceptors (Lipinski definition) is 5. The first-order valence-corrected chi connectivity index (χ1v) is 7.75. The van der Waals surface area contributed by atoms with Gasteiger partial charge in [0.2, 0.25) is 0 Å². The van der Waals surface area contributed by atoms with Gasteiger partial charge in [-0.3, -0.25) is 0 Å². The molecule has 0 radical (unpaired) electrons. The average molecular weight is 307 g/mol.